The van der Waals surface area contributed by atoms with Crippen molar-refractivity contribution in [3.8, 4) is 0 Å². The molecule has 2 nitrogen and oxygen atoms in total. The van der Waals surface area contributed by atoms with Crippen LogP contribution in [0.1, 0.15) is 12.0 Å². The summed E-state index contributed by atoms with van der Waals surface area (Å²) in [5.74, 6) is 0.310. The first-order valence-electron chi connectivity index (χ1n) is 6.86. The van der Waals surface area contributed by atoms with E-state index < -0.39 is 5.41 Å². The molecule has 21 heavy (non-hydrogen) atoms. The molecule has 0 aliphatic rings. The first-order chi connectivity index (χ1) is 10.2. The van der Waals surface area contributed by atoms with Crippen molar-refractivity contribution in [2.75, 3.05) is 19.0 Å². The molecule has 0 atom stereocenters. The van der Waals surface area contributed by atoms with Crippen LogP contribution in [0.5, 0.6) is 0 Å². The van der Waals surface area contributed by atoms with Gasteiger partial charge >= 0.3 is 0 Å². The standard InChI is InChI=1S/C17H19FO2S/c18-16-9-5-4-8-15(16)17(12-19,13-20)10-11-21-14-6-2-1-3-7-14/h1-9,19-20H,10-13H2. The van der Waals surface area contributed by atoms with Crippen LogP contribution in [0, 0.1) is 5.82 Å². The molecule has 2 rings (SSSR count). The van der Waals surface area contributed by atoms with Gasteiger partial charge in [-0.05, 0) is 35.9 Å². The van der Waals surface area contributed by atoms with Gasteiger partial charge < -0.3 is 10.2 Å². The molecule has 2 N–H and O–H groups in total. The maximum Gasteiger partial charge on any atom is 0.127 e. The average Bonchev–Trinajstić information content (AvgIpc) is 2.54. The molecule has 112 valence electrons. The second-order valence-corrected chi connectivity index (χ2v) is 6.16. The number of aliphatic hydroxyl groups is 2. The van der Waals surface area contributed by atoms with Gasteiger partial charge in [0.1, 0.15) is 5.82 Å². The molecule has 2 aromatic carbocycles. The third-order valence-corrected chi connectivity index (χ3v) is 4.66. The van der Waals surface area contributed by atoms with E-state index in [4.69, 9.17) is 0 Å². The summed E-state index contributed by atoms with van der Waals surface area (Å²) < 4.78 is 14.0. The molecule has 0 heterocycles. The number of hydrogen-bond donors (Lipinski definition) is 2. The molecule has 0 aromatic heterocycles. The molecular formula is C17H19FO2S. The van der Waals surface area contributed by atoms with Crippen molar-refractivity contribution in [2.24, 2.45) is 0 Å². The molecule has 2 aromatic rings. The molecule has 0 amide bonds. The van der Waals surface area contributed by atoms with Crippen LogP contribution in [0.2, 0.25) is 0 Å². The fourth-order valence-electron chi connectivity index (χ4n) is 2.29. The second kappa shape index (κ2) is 7.59. The topological polar surface area (TPSA) is 40.5 Å². The smallest absolute Gasteiger partial charge is 0.127 e. The minimum absolute atomic E-state index is 0.278. The van der Waals surface area contributed by atoms with Crippen LogP contribution in [0.3, 0.4) is 0 Å². The minimum atomic E-state index is -0.937. The molecule has 0 bridgehead atoms. The van der Waals surface area contributed by atoms with Crippen LogP contribution in [0.15, 0.2) is 59.5 Å². The summed E-state index contributed by atoms with van der Waals surface area (Å²) in [5, 5.41) is 19.4. The largest absolute Gasteiger partial charge is 0.395 e. The highest BCUT2D eigenvalue weighted by Crippen LogP contribution is 2.32. The van der Waals surface area contributed by atoms with Gasteiger partial charge in [0.15, 0.2) is 0 Å². The maximum atomic E-state index is 14.0. The Balaban J connectivity index is 2.10. The fourth-order valence-corrected chi connectivity index (χ4v) is 3.36. The third-order valence-electron chi connectivity index (χ3n) is 3.64. The Morgan fingerprint density at radius 1 is 0.905 bits per heavy atom. The maximum absolute atomic E-state index is 14.0. The molecule has 4 heteroatoms. The summed E-state index contributed by atoms with van der Waals surface area (Å²) >= 11 is 1.63. The highest BCUT2D eigenvalue weighted by molar-refractivity contribution is 7.99. The van der Waals surface area contributed by atoms with Crippen LogP contribution in [-0.4, -0.2) is 29.2 Å². The van der Waals surface area contributed by atoms with Crippen molar-refractivity contribution in [3.05, 3.63) is 66.0 Å². The van der Waals surface area contributed by atoms with E-state index in [-0.39, 0.29) is 19.0 Å². The molecule has 0 aliphatic carbocycles. The second-order valence-electron chi connectivity index (χ2n) is 4.99. The van der Waals surface area contributed by atoms with E-state index in [1.807, 2.05) is 30.3 Å². The van der Waals surface area contributed by atoms with Crippen molar-refractivity contribution < 1.29 is 14.6 Å². The van der Waals surface area contributed by atoms with Crippen LogP contribution >= 0.6 is 11.8 Å². The number of thioether (sulfide) groups is 1. The average molecular weight is 306 g/mol. The lowest BCUT2D eigenvalue weighted by molar-refractivity contribution is 0.111. The Morgan fingerprint density at radius 2 is 1.52 bits per heavy atom. The Hall–Kier alpha value is -1.36. The summed E-state index contributed by atoms with van der Waals surface area (Å²) in [6.45, 7) is -0.556. The van der Waals surface area contributed by atoms with E-state index in [0.717, 1.165) is 4.90 Å². The molecule has 0 spiro atoms. The van der Waals surface area contributed by atoms with Crippen molar-refractivity contribution in [1.82, 2.24) is 0 Å². The summed E-state index contributed by atoms with van der Waals surface area (Å²) in [5.41, 5.74) is -0.559. The van der Waals surface area contributed by atoms with E-state index in [9.17, 15) is 14.6 Å². The number of benzene rings is 2. The predicted octanol–water partition coefficient (Wildman–Crippen LogP) is 3.23. The highest BCUT2D eigenvalue weighted by atomic mass is 32.2. The summed E-state index contributed by atoms with van der Waals surface area (Å²) in [7, 11) is 0. The van der Waals surface area contributed by atoms with Crippen LogP contribution in [0.4, 0.5) is 4.39 Å². The monoisotopic (exact) mass is 306 g/mol. The molecular weight excluding hydrogens is 287 g/mol. The lowest BCUT2D eigenvalue weighted by Crippen LogP contribution is -2.36. The zero-order chi connectivity index (χ0) is 15.1. The Bertz CT molecular complexity index is 556. The molecule has 0 fully saturated rings. The Labute approximate surface area is 128 Å². The number of halogens is 1. The highest BCUT2D eigenvalue weighted by Gasteiger charge is 2.33. The van der Waals surface area contributed by atoms with Gasteiger partial charge in [0.25, 0.3) is 0 Å². The predicted molar refractivity (Wildman–Crippen MR) is 84.0 cm³/mol. The summed E-state index contributed by atoms with van der Waals surface area (Å²) in [6.07, 6.45) is 0.500. The zero-order valence-corrected chi connectivity index (χ0v) is 12.5. The number of rotatable bonds is 7. The van der Waals surface area contributed by atoms with Crippen LogP contribution < -0.4 is 0 Å². The van der Waals surface area contributed by atoms with Crippen LogP contribution in [0.25, 0.3) is 0 Å². The van der Waals surface area contributed by atoms with Gasteiger partial charge in [-0.15, -0.1) is 11.8 Å². The summed E-state index contributed by atoms with van der Waals surface area (Å²) in [6, 6.07) is 16.2. The lowest BCUT2D eigenvalue weighted by Gasteiger charge is -2.30. The first-order valence-corrected chi connectivity index (χ1v) is 7.85. The number of hydrogen-bond acceptors (Lipinski definition) is 3. The molecule has 0 aliphatic heterocycles. The quantitative estimate of drug-likeness (QED) is 0.772. The van der Waals surface area contributed by atoms with E-state index in [1.165, 1.54) is 6.07 Å². The Kier molecular flexibility index (Phi) is 5.79. The molecule has 0 saturated carbocycles. The van der Waals surface area contributed by atoms with Gasteiger partial charge in [-0.25, -0.2) is 4.39 Å². The van der Waals surface area contributed by atoms with Gasteiger partial charge in [-0.1, -0.05) is 36.4 Å². The molecule has 0 radical (unpaired) electrons. The van der Waals surface area contributed by atoms with Crippen molar-refractivity contribution in [2.45, 2.75) is 16.7 Å². The fraction of sp³-hybridized carbons (Fsp3) is 0.294. The van der Waals surface area contributed by atoms with Gasteiger partial charge in [0, 0.05) is 10.3 Å². The van der Waals surface area contributed by atoms with Crippen molar-refractivity contribution in [1.29, 1.82) is 0 Å². The van der Waals surface area contributed by atoms with Gasteiger partial charge in [-0.3, -0.25) is 0 Å². The Morgan fingerprint density at radius 3 is 2.14 bits per heavy atom. The third kappa shape index (κ3) is 3.84. The van der Waals surface area contributed by atoms with Crippen molar-refractivity contribution in [3.63, 3.8) is 0 Å². The zero-order valence-electron chi connectivity index (χ0n) is 11.7. The van der Waals surface area contributed by atoms with Crippen molar-refractivity contribution >= 4 is 11.8 Å². The first kappa shape index (κ1) is 16.0. The summed E-state index contributed by atoms with van der Waals surface area (Å²) in [4.78, 5) is 1.12. The van der Waals surface area contributed by atoms with E-state index >= 15 is 0 Å². The minimum Gasteiger partial charge on any atom is -0.395 e. The normalized spacial score (nSPS) is 11.6. The molecule has 0 saturated heterocycles. The molecule has 0 unspecified atom stereocenters. The van der Waals surface area contributed by atoms with Gasteiger partial charge in [0.05, 0.1) is 13.2 Å². The van der Waals surface area contributed by atoms with E-state index in [2.05, 4.69) is 0 Å². The van der Waals surface area contributed by atoms with E-state index in [1.54, 1.807) is 30.0 Å². The van der Waals surface area contributed by atoms with Crippen LogP contribution in [-0.2, 0) is 5.41 Å². The lowest BCUT2D eigenvalue weighted by atomic mass is 9.79. The number of aliphatic hydroxyl groups excluding tert-OH is 2. The van der Waals surface area contributed by atoms with Gasteiger partial charge in [0.2, 0.25) is 0 Å². The SMILES string of the molecule is OCC(CO)(CCSc1ccccc1)c1ccccc1F. The van der Waals surface area contributed by atoms with E-state index in [0.29, 0.717) is 17.7 Å². The van der Waals surface area contributed by atoms with Gasteiger partial charge in [-0.2, -0.15) is 0 Å².